The van der Waals surface area contributed by atoms with Crippen molar-refractivity contribution in [3.05, 3.63) is 18.2 Å². The Morgan fingerprint density at radius 2 is 2.19 bits per heavy atom. The molecule has 16 heavy (non-hydrogen) atoms. The zero-order valence-corrected chi connectivity index (χ0v) is 10.1. The van der Waals surface area contributed by atoms with Crippen LogP contribution in [0.4, 0.5) is 5.82 Å². The summed E-state index contributed by atoms with van der Waals surface area (Å²) in [7, 11) is 0. The second kappa shape index (κ2) is 6.33. The van der Waals surface area contributed by atoms with Gasteiger partial charge in [-0.2, -0.15) is 4.98 Å². The lowest BCUT2D eigenvalue weighted by Crippen LogP contribution is -2.25. The van der Waals surface area contributed by atoms with Gasteiger partial charge in [0.1, 0.15) is 5.82 Å². The van der Waals surface area contributed by atoms with Gasteiger partial charge in [-0.3, -0.25) is 0 Å². The standard InChI is InChI=1S/C12H20N2O2/c1-4-16-12-7-5-6-11(14-12)13-8-10(15)9(2)3/h5-7,9-10,15H,4,8H2,1-3H3,(H,13,14). The predicted octanol–water partition coefficient (Wildman–Crippen LogP) is 1.91. The molecule has 0 radical (unpaired) electrons. The highest BCUT2D eigenvalue weighted by Crippen LogP contribution is 2.11. The molecule has 1 aromatic rings. The van der Waals surface area contributed by atoms with E-state index in [0.717, 1.165) is 5.82 Å². The molecular formula is C12H20N2O2. The summed E-state index contributed by atoms with van der Waals surface area (Å²) < 4.78 is 5.29. The van der Waals surface area contributed by atoms with Gasteiger partial charge in [-0.1, -0.05) is 19.9 Å². The molecule has 0 aliphatic rings. The van der Waals surface area contributed by atoms with Crippen LogP contribution in [0.2, 0.25) is 0 Å². The quantitative estimate of drug-likeness (QED) is 0.775. The Hall–Kier alpha value is -1.29. The number of hydrogen-bond donors (Lipinski definition) is 2. The summed E-state index contributed by atoms with van der Waals surface area (Å²) in [5.41, 5.74) is 0. The van der Waals surface area contributed by atoms with Gasteiger partial charge in [0.05, 0.1) is 12.7 Å². The molecule has 0 fully saturated rings. The zero-order chi connectivity index (χ0) is 12.0. The third kappa shape index (κ3) is 4.06. The van der Waals surface area contributed by atoms with E-state index < -0.39 is 0 Å². The third-order valence-electron chi connectivity index (χ3n) is 2.28. The van der Waals surface area contributed by atoms with Crippen LogP contribution in [0, 0.1) is 5.92 Å². The minimum Gasteiger partial charge on any atom is -0.478 e. The minimum atomic E-state index is -0.363. The fourth-order valence-electron chi connectivity index (χ4n) is 1.19. The lowest BCUT2D eigenvalue weighted by Gasteiger charge is -2.15. The van der Waals surface area contributed by atoms with Gasteiger partial charge in [-0.05, 0) is 18.9 Å². The number of aliphatic hydroxyl groups is 1. The monoisotopic (exact) mass is 224 g/mol. The fraction of sp³-hybridized carbons (Fsp3) is 0.583. The van der Waals surface area contributed by atoms with E-state index in [1.165, 1.54) is 0 Å². The lowest BCUT2D eigenvalue weighted by molar-refractivity contribution is 0.138. The van der Waals surface area contributed by atoms with Crippen molar-refractivity contribution in [1.82, 2.24) is 4.98 Å². The number of aliphatic hydroxyl groups excluding tert-OH is 1. The normalized spacial score (nSPS) is 12.6. The SMILES string of the molecule is CCOc1cccc(NCC(O)C(C)C)n1. The van der Waals surface area contributed by atoms with E-state index >= 15 is 0 Å². The van der Waals surface area contributed by atoms with E-state index in [9.17, 15) is 5.11 Å². The molecule has 0 spiro atoms. The van der Waals surface area contributed by atoms with Crippen molar-refractivity contribution in [2.24, 2.45) is 5.92 Å². The van der Waals surface area contributed by atoms with Gasteiger partial charge in [0.2, 0.25) is 5.88 Å². The van der Waals surface area contributed by atoms with Crippen molar-refractivity contribution in [3.63, 3.8) is 0 Å². The number of anilines is 1. The average Bonchev–Trinajstić information content (AvgIpc) is 2.26. The molecule has 0 aliphatic carbocycles. The number of hydrogen-bond acceptors (Lipinski definition) is 4. The molecule has 90 valence electrons. The van der Waals surface area contributed by atoms with Crippen LogP contribution >= 0.6 is 0 Å². The lowest BCUT2D eigenvalue weighted by atomic mass is 10.1. The predicted molar refractivity (Wildman–Crippen MR) is 64.7 cm³/mol. The second-order valence-corrected chi connectivity index (χ2v) is 3.99. The van der Waals surface area contributed by atoms with E-state index in [1.54, 1.807) is 0 Å². The molecule has 1 rings (SSSR count). The van der Waals surface area contributed by atoms with Crippen molar-refractivity contribution < 1.29 is 9.84 Å². The van der Waals surface area contributed by atoms with Crippen LogP contribution in [0.5, 0.6) is 5.88 Å². The molecule has 0 amide bonds. The van der Waals surface area contributed by atoms with Gasteiger partial charge in [0.15, 0.2) is 0 Å². The molecule has 1 heterocycles. The minimum absolute atomic E-state index is 0.238. The van der Waals surface area contributed by atoms with Gasteiger partial charge >= 0.3 is 0 Å². The van der Waals surface area contributed by atoms with Gasteiger partial charge in [0, 0.05) is 12.6 Å². The first-order chi connectivity index (χ1) is 7.63. The highest BCUT2D eigenvalue weighted by molar-refractivity contribution is 5.37. The van der Waals surface area contributed by atoms with Crippen LogP contribution in [0.15, 0.2) is 18.2 Å². The summed E-state index contributed by atoms with van der Waals surface area (Å²) >= 11 is 0. The maximum absolute atomic E-state index is 9.64. The van der Waals surface area contributed by atoms with E-state index in [-0.39, 0.29) is 12.0 Å². The zero-order valence-electron chi connectivity index (χ0n) is 10.1. The second-order valence-electron chi connectivity index (χ2n) is 3.99. The molecule has 0 aromatic carbocycles. The highest BCUT2D eigenvalue weighted by Gasteiger charge is 2.08. The maximum Gasteiger partial charge on any atom is 0.215 e. The molecule has 2 N–H and O–H groups in total. The molecule has 1 aromatic heterocycles. The molecule has 1 unspecified atom stereocenters. The van der Waals surface area contributed by atoms with E-state index in [2.05, 4.69) is 10.3 Å². The first-order valence-electron chi connectivity index (χ1n) is 5.65. The van der Waals surface area contributed by atoms with Crippen LogP contribution in [0.3, 0.4) is 0 Å². The van der Waals surface area contributed by atoms with Crippen LogP contribution in [-0.2, 0) is 0 Å². The van der Waals surface area contributed by atoms with Crippen LogP contribution in [0.25, 0.3) is 0 Å². The molecular weight excluding hydrogens is 204 g/mol. The Morgan fingerprint density at radius 3 is 2.81 bits per heavy atom. The Labute approximate surface area is 96.7 Å². The summed E-state index contributed by atoms with van der Waals surface area (Å²) in [6, 6.07) is 5.55. The van der Waals surface area contributed by atoms with Crippen LogP contribution in [0.1, 0.15) is 20.8 Å². The van der Waals surface area contributed by atoms with Crippen LogP contribution < -0.4 is 10.1 Å². The summed E-state index contributed by atoms with van der Waals surface area (Å²) in [6.07, 6.45) is -0.363. The number of nitrogens with zero attached hydrogens (tertiary/aromatic N) is 1. The van der Waals surface area contributed by atoms with E-state index in [1.807, 2.05) is 39.0 Å². The molecule has 4 heteroatoms. The fourth-order valence-corrected chi connectivity index (χ4v) is 1.19. The van der Waals surface area contributed by atoms with Crippen molar-refractivity contribution in [2.45, 2.75) is 26.9 Å². The molecule has 0 saturated heterocycles. The number of rotatable bonds is 6. The number of nitrogens with one attached hydrogen (secondary N) is 1. The summed E-state index contributed by atoms with van der Waals surface area (Å²) in [5, 5.41) is 12.7. The van der Waals surface area contributed by atoms with Gasteiger partial charge in [-0.15, -0.1) is 0 Å². The first-order valence-corrected chi connectivity index (χ1v) is 5.65. The van der Waals surface area contributed by atoms with Crippen molar-refractivity contribution in [2.75, 3.05) is 18.5 Å². The number of pyridine rings is 1. The molecule has 4 nitrogen and oxygen atoms in total. The Kier molecular flexibility index (Phi) is 5.05. The molecule has 0 saturated carbocycles. The Morgan fingerprint density at radius 1 is 1.44 bits per heavy atom. The topological polar surface area (TPSA) is 54.4 Å². The molecule has 0 bridgehead atoms. The summed E-state index contributed by atoms with van der Waals surface area (Å²) in [4.78, 5) is 4.25. The number of ether oxygens (including phenoxy) is 1. The summed E-state index contributed by atoms with van der Waals surface area (Å²) in [6.45, 7) is 6.99. The van der Waals surface area contributed by atoms with Gasteiger partial charge < -0.3 is 15.2 Å². The average molecular weight is 224 g/mol. The Bertz CT molecular complexity index is 316. The molecule has 0 aliphatic heterocycles. The van der Waals surface area contributed by atoms with Crippen molar-refractivity contribution in [1.29, 1.82) is 0 Å². The van der Waals surface area contributed by atoms with Crippen molar-refractivity contribution in [3.8, 4) is 5.88 Å². The van der Waals surface area contributed by atoms with Crippen molar-refractivity contribution >= 4 is 5.82 Å². The van der Waals surface area contributed by atoms with E-state index in [0.29, 0.717) is 19.0 Å². The third-order valence-corrected chi connectivity index (χ3v) is 2.28. The summed E-state index contributed by atoms with van der Waals surface area (Å²) in [5.74, 6) is 1.57. The number of aromatic nitrogens is 1. The smallest absolute Gasteiger partial charge is 0.215 e. The van der Waals surface area contributed by atoms with E-state index in [4.69, 9.17) is 4.74 Å². The van der Waals surface area contributed by atoms with Crippen LogP contribution in [-0.4, -0.2) is 29.3 Å². The Balaban J connectivity index is 2.50. The van der Waals surface area contributed by atoms with Gasteiger partial charge in [-0.25, -0.2) is 0 Å². The first kappa shape index (κ1) is 12.8. The van der Waals surface area contributed by atoms with Gasteiger partial charge in [0.25, 0.3) is 0 Å². The molecule has 1 atom stereocenters. The maximum atomic E-state index is 9.64. The largest absolute Gasteiger partial charge is 0.478 e. The highest BCUT2D eigenvalue weighted by atomic mass is 16.5.